The van der Waals surface area contributed by atoms with E-state index in [4.69, 9.17) is 0 Å². The average molecular weight is 411 g/mol. The summed E-state index contributed by atoms with van der Waals surface area (Å²) >= 11 is 0. The highest BCUT2D eigenvalue weighted by Gasteiger charge is 2.10. The lowest BCUT2D eigenvalue weighted by atomic mass is 10.1. The maximum atomic E-state index is 12.3. The number of carbonyl (C=O) groups excluding carboxylic acids is 3. The van der Waals surface area contributed by atoms with E-state index in [-0.39, 0.29) is 24.3 Å². The van der Waals surface area contributed by atoms with Crippen LogP contribution in [-0.2, 0) is 9.59 Å². The molecule has 0 heterocycles. The summed E-state index contributed by atoms with van der Waals surface area (Å²) in [7, 11) is 0. The smallest absolute Gasteiger partial charge is 0.251 e. The Morgan fingerprint density at radius 3 is 2.10 bits per heavy atom. The summed E-state index contributed by atoms with van der Waals surface area (Å²) in [5.41, 5.74) is 3.46. The van der Waals surface area contributed by atoms with E-state index in [2.05, 4.69) is 28.2 Å². The number of carbonyl (C=O) groups is 3. The lowest BCUT2D eigenvalue weighted by Crippen LogP contribution is -2.24. The van der Waals surface area contributed by atoms with Gasteiger partial charge in [-0.25, -0.2) is 0 Å². The Balaban J connectivity index is 1.88. The minimum absolute atomic E-state index is 0.0764. The molecular formula is C23H30N4O3. The highest BCUT2D eigenvalue weighted by molar-refractivity contribution is 5.97. The first kappa shape index (κ1) is 22.9. The molecule has 0 fully saturated rings. The molecule has 3 amide bonds. The summed E-state index contributed by atoms with van der Waals surface area (Å²) in [6.07, 6.45) is 2.37. The lowest BCUT2D eigenvalue weighted by molar-refractivity contribution is -0.116. The molecule has 7 heteroatoms. The molecular weight excluding hydrogens is 380 g/mol. The van der Waals surface area contributed by atoms with Crippen LogP contribution in [0.4, 0.5) is 17.1 Å². The van der Waals surface area contributed by atoms with Gasteiger partial charge in [-0.3, -0.25) is 14.4 Å². The molecule has 0 aliphatic carbocycles. The largest absolute Gasteiger partial charge is 0.376 e. The molecule has 0 aromatic heterocycles. The van der Waals surface area contributed by atoms with Crippen molar-refractivity contribution < 1.29 is 14.4 Å². The second-order valence-corrected chi connectivity index (χ2v) is 6.97. The first-order valence-corrected chi connectivity index (χ1v) is 10.3. The Morgan fingerprint density at radius 2 is 1.50 bits per heavy atom. The van der Waals surface area contributed by atoms with Crippen molar-refractivity contribution in [3.8, 4) is 0 Å². The molecule has 4 N–H and O–H groups in total. The second kappa shape index (κ2) is 11.6. The van der Waals surface area contributed by atoms with Gasteiger partial charge in [-0.2, -0.15) is 0 Å². The molecule has 0 bridgehead atoms. The van der Waals surface area contributed by atoms with Gasteiger partial charge < -0.3 is 21.3 Å². The van der Waals surface area contributed by atoms with Crippen LogP contribution >= 0.6 is 0 Å². The van der Waals surface area contributed by atoms with Crippen molar-refractivity contribution in [2.75, 3.05) is 29.0 Å². The van der Waals surface area contributed by atoms with Crippen molar-refractivity contribution in [2.24, 2.45) is 0 Å². The van der Waals surface area contributed by atoms with E-state index in [1.807, 2.05) is 6.92 Å². The zero-order valence-electron chi connectivity index (χ0n) is 17.8. The van der Waals surface area contributed by atoms with Crippen molar-refractivity contribution in [3.05, 3.63) is 53.6 Å². The molecule has 2 aromatic rings. The van der Waals surface area contributed by atoms with Crippen LogP contribution in [0.1, 0.15) is 49.0 Å². The number of rotatable bonds is 10. The molecule has 7 nitrogen and oxygen atoms in total. The highest BCUT2D eigenvalue weighted by atomic mass is 16.2. The Labute approximate surface area is 177 Å². The van der Waals surface area contributed by atoms with Crippen LogP contribution in [0.2, 0.25) is 0 Å². The van der Waals surface area contributed by atoms with Gasteiger partial charge in [0.2, 0.25) is 11.8 Å². The van der Waals surface area contributed by atoms with Gasteiger partial charge in [-0.05, 0) is 55.3 Å². The predicted octanol–water partition coefficient (Wildman–Crippen LogP) is 3.92. The summed E-state index contributed by atoms with van der Waals surface area (Å²) in [5, 5.41) is 11.6. The second-order valence-electron chi connectivity index (χ2n) is 6.97. The molecule has 0 saturated carbocycles. The molecule has 2 aromatic carbocycles. The Morgan fingerprint density at radius 1 is 0.867 bits per heavy atom. The zero-order chi connectivity index (χ0) is 21.9. The summed E-state index contributed by atoms with van der Waals surface area (Å²) in [6, 6.07) is 12.4. The van der Waals surface area contributed by atoms with Crippen LogP contribution in [0.25, 0.3) is 0 Å². The van der Waals surface area contributed by atoms with Crippen LogP contribution in [0, 0.1) is 6.92 Å². The molecule has 160 valence electrons. The fourth-order valence-corrected chi connectivity index (χ4v) is 2.74. The average Bonchev–Trinajstić information content (AvgIpc) is 2.75. The fraction of sp³-hybridized carbons (Fsp3) is 0.348. The Hall–Kier alpha value is -3.35. The van der Waals surface area contributed by atoms with Gasteiger partial charge in [0, 0.05) is 35.6 Å². The molecule has 30 heavy (non-hydrogen) atoms. The molecule has 0 radical (unpaired) electrons. The summed E-state index contributed by atoms with van der Waals surface area (Å²) in [4.78, 5) is 36.0. The third-order valence-electron chi connectivity index (χ3n) is 4.62. The molecule has 0 spiro atoms. The fourth-order valence-electron chi connectivity index (χ4n) is 2.74. The van der Waals surface area contributed by atoms with E-state index in [9.17, 15) is 14.4 Å². The normalized spacial score (nSPS) is 10.2. The number of benzene rings is 2. The SMILES string of the molecule is CCCCNC(=O)c1ccc(NCC(=O)Nc2cccc(NC(=O)CC)c2C)cc1. The standard InChI is InChI=1S/C23H30N4O3/c1-4-6-14-24-23(30)17-10-12-18(13-11-17)25-15-22(29)27-20-9-7-8-19(16(20)3)26-21(28)5-2/h7-13,25H,4-6,14-15H2,1-3H3,(H,24,30)(H,26,28)(H,27,29). The number of anilines is 3. The Kier molecular flexibility index (Phi) is 8.87. The van der Waals surface area contributed by atoms with Crippen LogP contribution < -0.4 is 21.3 Å². The van der Waals surface area contributed by atoms with Gasteiger partial charge in [0.05, 0.1) is 6.54 Å². The number of hydrogen-bond acceptors (Lipinski definition) is 4. The molecule has 0 aliphatic heterocycles. The predicted molar refractivity (Wildman–Crippen MR) is 121 cm³/mol. The van der Waals surface area contributed by atoms with Crippen molar-refractivity contribution in [1.82, 2.24) is 5.32 Å². The number of unbranched alkanes of at least 4 members (excludes halogenated alkanes) is 1. The van der Waals surface area contributed by atoms with E-state index in [0.29, 0.717) is 29.9 Å². The van der Waals surface area contributed by atoms with Crippen molar-refractivity contribution in [3.63, 3.8) is 0 Å². The lowest BCUT2D eigenvalue weighted by Gasteiger charge is -2.14. The first-order valence-electron chi connectivity index (χ1n) is 10.3. The van der Waals surface area contributed by atoms with Crippen molar-refractivity contribution in [1.29, 1.82) is 0 Å². The van der Waals surface area contributed by atoms with Gasteiger partial charge in [-0.1, -0.05) is 26.3 Å². The van der Waals surface area contributed by atoms with Crippen LogP contribution in [0.15, 0.2) is 42.5 Å². The first-order chi connectivity index (χ1) is 14.4. The third-order valence-corrected chi connectivity index (χ3v) is 4.62. The van der Waals surface area contributed by atoms with E-state index in [0.717, 1.165) is 24.1 Å². The molecule has 2 rings (SSSR count). The summed E-state index contributed by atoms with van der Waals surface area (Å²) in [6.45, 7) is 6.45. The maximum absolute atomic E-state index is 12.3. The molecule has 0 saturated heterocycles. The van der Waals surface area contributed by atoms with Crippen molar-refractivity contribution >= 4 is 34.8 Å². The number of hydrogen-bond donors (Lipinski definition) is 4. The van der Waals surface area contributed by atoms with Gasteiger partial charge >= 0.3 is 0 Å². The quantitative estimate of drug-likeness (QED) is 0.446. The van der Waals surface area contributed by atoms with E-state index in [1.54, 1.807) is 49.4 Å². The Bertz CT molecular complexity index is 879. The van der Waals surface area contributed by atoms with Gasteiger partial charge in [0.1, 0.15) is 0 Å². The summed E-state index contributed by atoms with van der Waals surface area (Å²) < 4.78 is 0. The van der Waals surface area contributed by atoms with Gasteiger partial charge in [-0.15, -0.1) is 0 Å². The third kappa shape index (κ3) is 6.92. The van der Waals surface area contributed by atoms with Gasteiger partial charge in [0.25, 0.3) is 5.91 Å². The van der Waals surface area contributed by atoms with E-state index >= 15 is 0 Å². The van der Waals surface area contributed by atoms with Crippen LogP contribution in [0.3, 0.4) is 0 Å². The minimum atomic E-state index is -0.210. The maximum Gasteiger partial charge on any atom is 0.251 e. The number of nitrogens with one attached hydrogen (secondary N) is 4. The monoisotopic (exact) mass is 410 g/mol. The zero-order valence-corrected chi connectivity index (χ0v) is 17.8. The molecule has 0 aliphatic rings. The summed E-state index contributed by atoms with van der Waals surface area (Å²) in [5.74, 6) is -0.387. The van der Waals surface area contributed by atoms with E-state index in [1.165, 1.54) is 0 Å². The van der Waals surface area contributed by atoms with Crippen LogP contribution in [-0.4, -0.2) is 30.8 Å². The highest BCUT2D eigenvalue weighted by Crippen LogP contribution is 2.23. The van der Waals surface area contributed by atoms with E-state index < -0.39 is 0 Å². The number of amides is 3. The topological polar surface area (TPSA) is 99.3 Å². The van der Waals surface area contributed by atoms with Gasteiger partial charge in [0.15, 0.2) is 0 Å². The molecule has 0 unspecified atom stereocenters. The van der Waals surface area contributed by atoms with Crippen LogP contribution in [0.5, 0.6) is 0 Å². The molecule has 0 atom stereocenters. The van der Waals surface area contributed by atoms with Crippen molar-refractivity contribution in [2.45, 2.75) is 40.0 Å². The minimum Gasteiger partial charge on any atom is -0.376 e.